The number of hydrogen-bond donors (Lipinski definition) is 3. The van der Waals surface area contributed by atoms with Crippen molar-refractivity contribution in [2.45, 2.75) is 6.42 Å². The first-order valence-corrected chi connectivity index (χ1v) is 9.63. The minimum Gasteiger partial charge on any atom is -0.495 e. The van der Waals surface area contributed by atoms with E-state index in [1.807, 2.05) is 30.5 Å². The molecular formula is C24H20FN3O3. The van der Waals surface area contributed by atoms with E-state index in [2.05, 4.69) is 15.6 Å². The van der Waals surface area contributed by atoms with Crippen LogP contribution in [0.25, 0.3) is 10.9 Å². The fraction of sp³-hybridized carbons (Fsp3) is 0.0833. The van der Waals surface area contributed by atoms with Crippen LogP contribution in [0.4, 0.5) is 15.8 Å². The number of carbonyl (C=O) groups excluding carboxylic acids is 2. The summed E-state index contributed by atoms with van der Waals surface area (Å²) in [6, 6.07) is 18.1. The van der Waals surface area contributed by atoms with Gasteiger partial charge in [-0.15, -0.1) is 0 Å². The molecule has 31 heavy (non-hydrogen) atoms. The van der Waals surface area contributed by atoms with E-state index in [4.69, 9.17) is 4.74 Å². The molecule has 4 rings (SSSR count). The fourth-order valence-electron chi connectivity index (χ4n) is 3.36. The van der Waals surface area contributed by atoms with Crippen molar-refractivity contribution in [2.24, 2.45) is 0 Å². The quantitative estimate of drug-likeness (QED) is 0.423. The van der Waals surface area contributed by atoms with Crippen molar-refractivity contribution in [1.29, 1.82) is 0 Å². The van der Waals surface area contributed by atoms with Crippen LogP contribution in [0, 0.1) is 5.82 Å². The van der Waals surface area contributed by atoms with Gasteiger partial charge in [0.15, 0.2) is 0 Å². The number of ether oxygens (including phenoxy) is 1. The van der Waals surface area contributed by atoms with Gasteiger partial charge in [0, 0.05) is 28.4 Å². The van der Waals surface area contributed by atoms with Crippen molar-refractivity contribution < 1.29 is 18.7 Å². The number of H-pyrrole nitrogens is 1. The smallest absolute Gasteiger partial charge is 0.255 e. The van der Waals surface area contributed by atoms with Crippen LogP contribution in [0.5, 0.6) is 5.75 Å². The zero-order valence-corrected chi connectivity index (χ0v) is 16.7. The third kappa shape index (κ3) is 4.56. The molecule has 7 heteroatoms. The first-order valence-electron chi connectivity index (χ1n) is 9.63. The fourth-order valence-corrected chi connectivity index (χ4v) is 3.36. The Hall–Kier alpha value is -4.13. The van der Waals surface area contributed by atoms with Crippen molar-refractivity contribution >= 4 is 34.1 Å². The number of benzene rings is 3. The molecule has 2 amide bonds. The molecule has 0 aliphatic heterocycles. The summed E-state index contributed by atoms with van der Waals surface area (Å²) in [4.78, 5) is 28.2. The monoisotopic (exact) mass is 417 g/mol. The molecule has 3 N–H and O–H groups in total. The van der Waals surface area contributed by atoms with Gasteiger partial charge in [0.05, 0.1) is 19.2 Å². The van der Waals surface area contributed by atoms with Gasteiger partial charge in [-0.3, -0.25) is 9.59 Å². The van der Waals surface area contributed by atoms with Crippen LogP contribution in [-0.2, 0) is 11.2 Å². The predicted molar refractivity (Wildman–Crippen MR) is 118 cm³/mol. The molecule has 1 aromatic heterocycles. The summed E-state index contributed by atoms with van der Waals surface area (Å²) >= 11 is 0. The minimum absolute atomic E-state index is 0.177. The van der Waals surface area contributed by atoms with Crippen molar-refractivity contribution in [2.75, 3.05) is 17.7 Å². The molecule has 6 nitrogen and oxygen atoms in total. The maximum atomic E-state index is 13.4. The number of amides is 2. The summed E-state index contributed by atoms with van der Waals surface area (Å²) in [5, 5.41) is 6.54. The highest BCUT2D eigenvalue weighted by Gasteiger charge is 2.13. The van der Waals surface area contributed by atoms with Gasteiger partial charge in [-0.25, -0.2) is 4.39 Å². The number of hydrogen-bond acceptors (Lipinski definition) is 3. The molecule has 0 aliphatic rings. The van der Waals surface area contributed by atoms with Crippen LogP contribution in [0.3, 0.4) is 0 Å². The lowest BCUT2D eigenvalue weighted by Crippen LogP contribution is -2.16. The highest BCUT2D eigenvalue weighted by molar-refractivity contribution is 6.05. The summed E-state index contributed by atoms with van der Waals surface area (Å²) in [5.41, 5.74) is 2.90. The van der Waals surface area contributed by atoms with Crippen LogP contribution < -0.4 is 15.4 Å². The molecule has 0 saturated heterocycles. The lowest BCUT2D eigenvalue weighted by atomic mass is 10.1. The van der Waals surface area contributed by atoms with Crippen LogP contribution in [-0.4, -0.2) is 23.9 Å². The molecule has 156 valence electrons. The van der Waals surface area contributed by atoms with Gasteiger partial charge in [0.2, 0.25) is 5.91 Å². The number of para-hydroxylation sites is 1. The molecule has 1 heterocycles. The third-order valence-corrected chi connectivity index (χ3v) is 4.84. The number of aromatic amines is 1. The summed E-state index contributed by atoms with van der Waals surface area (Å²) in [7, 11) is 1.47. The number of methoxy groups -OCH3 is 1. The van der Waals surface area contributed by atoms with Crippen molar-refractivity contribution in [1.82, 2.24) is 4.98 Å². The number of nitrogens with one attached hydrogen (secondary N) is 3. The standard InChI is InChI=1S/C24H20FN3O3/c1-31-22-10-9-18(13-21(22)28-24(30)15-5-4-6-17(25)11-15)27-23(29)12-16-14-26-20-8-3-2-7-19(16)20/h2-11,13-14,26H,12H2,1H3,(H,27,29)(H,28,30). The zero-order valence-electron chi connectivity index (χ0n) is 16.7. The first-order chi connectivity index (χ1) is 15.0. The van der Waals surface area contributed by atoms with Gasteiger partial charge in [-0.05, 0) is 48.0 Å². The summed E-state index contributed by atoms with van der Waals surface area (Å²) in [5.74, 6) is -0.769. The molecule has 0 unspecified atom stereocenters. The Bertz CT molecular complexity index is 1270. The average Bonchev–Trinajstić information content (AvgIpc) is 3.16. The molecule has 0 spiro atoms. The number of rotatable bonds is 6. The van der Waals surface area contributed by atoms with Gasteiger partial charge >= 0.3 is 0 Å². The van der Waals surface area contributed by atoms with Crippen LogP contribution >= 0.6 is 0 Å². The van der Waals surface area contributed by atoms with Crippen molar-refractivity contribution in [3.05, 3.63) is 89.9 Å². The van der Waals surface area contributed by atoms with Crippen LogP contribution in [0.15, 0.2) is 72.9 Å². The van der Waals surface area contributed by atoms with Crippen molar-refractivity contribution in [3.8, 4) is 5.75 Å². The molecule has 0 radical (unpaired) electrons. The Morgan fingerprint density at radius 1 is 1.00 bits per heavy atom. The lowest BCUT2D eigenvalue weighted by Gasteiger charge is -2.13. The Balaban J connectivity index is 1.50. The number of anilines is 2. The molecule has 0 fully saturated rings. The molecule has 0 saturated carbocycles. The number of fused-ring (bicyclic) bond motifs is 1. The van der Waals surface area contributed by atoms with E-state index < -0.39 is 11.7 Å². The topological polar surface area (TPSA) is 83.2 Å². The minimum atomic E-state index is -0.502. The lowest BCUT2D eigenvalue weighted by molar-refractivity contribution is -0.115. The molecule has 0 bridgehead atoms. The molecular weight excluding hydrogens is 397 g/mol. The van der Waals surface area contributed by atoms with Crippen molar-refractivity contribution in [3.63, 3.8) is 0 Å². The largest absolute Gasteiger partial charge is 0.495 e. The average molecular weight is 417 g/mol. The normalized spacial score (nSPS) is 10.6. The van der Waals surface area contributed by atoms with Crippen LogP contribution in [0.1, 0.15) is 15.9 Å². The van der Waals surface area contributed by atoms with E-state index >= 15 is 0 Å². The SMILES string of the molecule is COc1ccc(NC(=O)Cc2c[nH]c3ccccc23)cc1NC(=O)c1cccc(F)c1. The Labute approximate surface area is 178 Å². The van der Waals surface area contributed by atoms with Gasteiger partial charge in [-0.1, -0.05) is 24.3 Å². The highest BCUT2D eigenvalue weighted by atomic mass is 19.1. The van der Waals surface area contributed by atoms with E-state index in [9.17, 15) is 14.0 Å². The van der Waals surface area contributed by atoms with Gasteiger partial charge in [0.1, 0.15) is 11.6 Å². The maximum Gasteiger partial charge on any atom is 0.255 e. The number of aromatic nitrogens is 1. The second-order valence-corrected chi connectivity index (χ2v) is 6.96. The second-order valence-electron chi connectivity index (χ2n) is 6.96. The first kappa shape index (κ1) is 20.2. The maximum absolute atomic E-state index is 13.4. The highest BCUT2D eigenvalue weighted by Crippen LogP contribution is 2.29. The molecule has 3 aromatic carbocycles. The van der Waals surface area contributed by atoms with E-state index in [0.29, 0.717) is 17.1 Å². The Morgan fingerprint density at radius 3 is 2.65 bits per heavy atom. The van der Waals surface area contributed by atoms with E-state index in [-0.39, 0.29) is 17.9 Å². The van der Waals surface area contributed by atoms with E-state index in [0.717, 1.165) is 22.5 Å². The summed E-state index contributed by atoms with van der Waals surface area (Å²) in [6.45, 7) is 0. The number of carbonyl (C=O) groups is 2. The summed E-state index contributed by atoms with van der Waals surface area (Å²) in [6.07, 6.45) is 2.02. The molecule has 0 aliphatic carbocycles. The van der Waals surface area contributed by atoms with Gasteiger partial charge < -0.3 is 20.4 Å². The Morgan fingerprint density at radius 2 is 1.84 bits per heavy atom. The molecule has 0 atom stereocenters. The predicted octanol–water partition coefficient (Wildman–Crippen LogP) is 4.75. The van der Waals surface area contributed by atoms with E-state index in [1.165, 1.54) is 25.3 Å². The van der Waals surface area contributed by atoms with Crippen LogP contribution in [0.2, 0.25) is 0 Å². The summed E-state index contributed by atoms with van der Waals surface area (Å²) < 4.78 is 18.7. The zero-order chi connectivity index (χ0) is 21.8. The Kier molecular flexibility index (Phi) is 5.66. The number of halogens is 1. The molecule has 4 aromatic rings. The second kappa shape index (κ2) is 8.71. The van der Waals surface area contributed by atoms with Gasteiger partial charge in [0.25, 0.3) is 5.91 Å². The van der Waals surface area contributed by atoms with E-state index in [1.54, 1.807) is 18.2 Å². The van der Waals surface area contributed by atoms with Gasteiger partial charge in [-0.2, -0.15) is 0 Å². The third-order valence-electron chi connectivity index (χ3n) is 4.84.